The minimum atomic E-state index is -0.645. The Morgan fingerprint density at radius 3 is 1.40 bits per heavy atom. The van der Waals surface area contributed by atoms with E-state index < -0.39 is 9.80 Å². The molecule has 0 heterocycles. The highest BCUT2D eigenvalue weighted by Crippen LogP contribution is 1.80. The van der Waals surface area contributed by atoms with E-state index in [-0.39, 0.29) is 15.9 Å². The number of hydrogen-bond acceptors (Lipinski definition) is 6. The van der Waals surface area contributed by atoms with Gasteiger partial charge in [-0.25, -0.2) is 0 Å². The summed E-state index contributed by atoms with van der Waals surface area (Å²) in [6, 6.07) is 5.35. The second-order valence-corrected chi connectivity index (χ2v) is 3.92. The monoisotopic (exact) mass is 274 g/mol. The predicted molar refractivity (Wildman–Crippen MR) is 71.1 cm³/mol. The molecule has 104 valence electrons. The van der Waals surface area contributed by atoms with Gasteiger partial charge in [-0.05, 0) is 12.1 Å². The van der Waals surface area contributed by atoms with E-state index in [9.17, 15) is 20.8 Å². The first-order valence-corrected chi connectivity index (χ1v) is 5.59. The Kier molecular flexibility index (Phi) is 3.38. The van der Waals surface area contributed by atoms with Crippen molar-refractivity contribution in [3.63, 3.8) is 0 Å². The van der Waals surface area contributed by atoms with Crippen LogP contribution in [-0.4, -0.2) is 14.1 Å². The lowest BCUT2D eigenvalue weighted by Gasteiger charge is -2.06. The Bertz CT molecular complexity index is 885. The molecule has 0 unspecified atom stereocenters. The molecule has 0 atom stereocenters. The third-order valence-electron chi connectivity index (χ3n) is 2.95. The number of rotatable bonds is 0. The Balaban J connectivity index is 3.59. The zero-order chi connectivity index (χ0) is 14.9. The highest BCUT2D eigenvalue weighted by Gasteiger charge is 2.07. The summed E-state index contributed by atoms with van der Waals surface area (Å²) in [6.07, 6.45) is 0. The Hall–Kier alpha value is -2.90. The topological polar surface area (TPSA) is 123 Å². The van der Waals surface area contributed by atoms with Crippen LogP contribution in [0.15, 0.2) is 34.3 Å². The van der Waals surface area contributed by atoms with E-state index in [2.05, 4.69) is 9.98 Å². The standard InChI is InChI=1S/C12H10N4O4/c1-13-7-3-5-9(15(17)18)12-10(16(19)20)6-4-8(14-2)11(7)12/h3-6H,1-2H3/q-2. The highest BCUT2D eigenvalue weighted by atomic mass is 16.8. The summed E-state index contributed by atoms with van der Waals surface area (Å²) in [6.45, 7) is 0. The molecule has 2 rings (SSSR count). The summed E-state index contributed by atoms with van der Waals surface area (Å²) in [7, 11) is 3.03. The molecular formula is C12H10N4O4-2. The maximum Gasteiger partial charge on any atom is 0.237 e. The Morgan fingerprint density at radius 2 is 1.10 bits per heavy atom. The van der Waals surface area contributed by atoms with Crippen LogP contribution in [0.1, 0.15) is 0 Å². The molecule has 8 nitrogen and oxygen atoms in total. The van der Waals surface area contributed by atoms with E-state index >= 15 is 0 Å². The lowest BCUT2D eigenvalue weighted by molar-refractivity contribution is 0.904. The lowest BCUT2D eigenvalue weighted by atomic mass is 10.1. The number of nitrogens with zero attached hydrogens (tertiary/aromatic N) is 4. The molecule has 8 heteroatoms. The van der Waals surface area contributed by atoms with Gasteiger partial charge in [-0.3, -0.25) is 9.98 Å². The second kappa shape index (κ2) is 5.00. The normalized spacial score (nSPS) is 12.9. The van der Waals surface area contributed by atoms with Crippen LogP contribution in [0.2, 0.25) is 0 Å². The summed E-state index contributed by atoms with van der Waals surface area (Å²) in [5.41, 5.74) is 0. The minimum absolute atomic E-state index is 0.0498. The van der Waals surface area contributed by atoms with Crippen molar-refractivity contribution in [3.8, 4) is 0 Å². The van der Waals surface area contributed by atoms with Crippen LogP contribution in [0.4, 0.5) is 0 Å². The second-order valence-electron chi connectivity index (χ2n) is 3.92. The highest BCUT2D eigenvalue weighted by molar-refractivity contribution is 5.17. The maximum absolute atomic E-state index is 11.1. The predicted octanol–water partition coefficient (Wildman–Crippen LogP) is -2.12. The van der Waals surface area contributed by atoms with Crippen LogP contribution >= 0.6 is 0 Å². The Morgan fingerprint density at radius 1 is 0.700 bits per heavy atom. The van der Waals surface area contributed by atoms with E-state index in [0.29, 0.717) is 15.9 Å². The largest absolute Gasteiger partial charge is 0.612 e. The first-order chi connectivity index (χ1) is 9.51. The average molecular weight is 274 g/mol. The van der Waals surface area contributed by atoms with Gasteiger partial charge in [0.25, 0.3) is 0 Å². The summed E-state index contributed by atoms with van der Waals surface area (Å²) >= 11 is 0. The fourth-order valence-corrected chi connectivity index (χ4v) is 2.10. The quantitative estimate of drug-likeness (QED) is 0.509. The van der Waals surface area contributed by atoms with Crippen molar-refractivity contribution in [1.82, 2.24) is 9.80 Å². The molecule has 0 fully saturated rings. The van der Waals surface area contributed by atoms with Gasteiger partial charge in [-0.2, -0.15) is 9.80 Å². The summed E-state index contributed by atoms with van der Waals surface area (Å²) < 4.78 is 0. The fourth-order valence-electron chi connectivity index (χ4n) is 2.10. The fraction of sp³-hybridized carbons (Fsp3) is 0.167. The van der Waals surface area contributed by atoms with Gasteiger partial charge in [0.2, 0.25) is 10.7 Å². The molecule has 0 saturated carbocycles. The molecule has 0 aliphatic heterocycles. The zero-order valence-corrected chi connectivity index (χ0v) is 10.7. The SMILES string of the molecule is CN=c1ccc(=[N+]([O-])[O-])c2c(=[N+]([O-])[O-])ccc(=NC)c1=2. The van der Waals surface area contributed by atoms with Crippen LogP contribution < -0.4 is 31.2 Å². The molecule has 0 radical (unpaired) electrons. The minimum Gasteiger partial charge on any atom is -0.612 e. The van der Waals surface area contributed by atoms with E-state index in [1.165, 1.54) is 38.4 Å². The van der Waals surface area contributed by atoms with Crippen LogP contribution in [0, 0.1) is 31.3 Å². The van der Waals surface area contributed by atoms with Crippen molar-refractivity contribution in [2.45, 2.75) is 0 Å². The molecule has 0 amide bonds. The van der Waals surface area contributed by atoms with Crippen molar-refractivity contribution in [2.24, 2.45) is 9.98 Å². The van der Waals surface area contributed by atoms with Crippen molar-refractivity contribution >= 4 is 0 Å². The Labute approximate surface area is 112 Å². The van der Waals surface area contributed by atoms with Crippen molar-refractivity contribution in [2.75, 3.05) is 14.1 Å². The van der Waals surface area contributed by atoms with Crippen LogP contribution in [0.5, 0.6) is 0 Å². The molecule has 20 heavy (non-hydrogen) atoms. The van der Waals surface area contributed by atoms with E-state index in [4.69, 9.17) is 0 Å². The summed E-state index contributed by atoms with van der Waals surface area (Å²) in [4.78, 5) is 6.72. The third-order valence-corrected chi connectivity index (χ3v) is 2.95. The first kappa shape index (κ1) is 13.5. The third kappa shape index (κ3) is 1.96. The molecule has 0 N–H and O–H groups in total. The van der Waals surface area contributed by atoms with Gasteiger partial charge in [0, 0.05) is 31.4 Å². The average Bonchev–Trinajstić information content (AvgIpc) is 2.44. The first-order valence-electron chi connectivity index (χ1n) is 5.59. The van der Waals surface area contributed by atoms with Gasteiger partial charge in [-0.15, -0.1) is 0 Å². The summed E-state index contributed by atoms with van der Waals surface area (Å²) in [5, 5.41) is 44.9. The van der Waals surface area contributed by atoms with Gasteiger partial charge in [0.1, 0.15) is 5.22 Å². The van der Waals surface area contributed by atoms with Crippen molar-refractivity contribution in [1.29, 1.82) is 0 Å². The molecule has 0 aromatic carbocycles. The van der Waals surface area contributed by atoms with Gasteiger partial charge in [-0.1, -0.05) is 0 Å². The molecular weight excluding hydrogens is 264 g/mol. The van der Waals surface area contributed by atoms with Crippen LogP contribution in [0.3, 0.4) is 0 Å². The smallest absolute Gasteiger partial charge is 0.237 e. The van der Waals surface area contributed by atoms with E-state index in [0.717, 1.165) is 0 Å². The van der Waals surface area contributed by atoms with Crippen LogP contribution in [0.25, 0.3) is 0 Å². The molecule has 0 saturated heterocycles. The van der Waals surface area contributed by atoms with E-state index in [1.807, 2.05) is 0 Å². The van der Waals surface area contributed by atoms with Crippen molar-refractivity contribution < 1.29 is 0 Å². The summed E-state index contributed by atoms with van der Waals surface area (Å²) in [5.74, 6) is 0. The molecule has 0 aromatic heterocycles. The van der Waals surface area contributed by atoms with Gasteiger partial charge < -0.3 is 20.8 Å². The number of hydrogen-bond donors (Lipinski definition) is 0. The molecule has 0 bridgehead atoms. The molecule has 0 spiro atoms. The van der Waals surface area contributed by atoms with Gasteiger partial charge >= 0.3 is 0 Å². The maximum atomic E-state index is 11.1. The lowest BCUT2D eigenvalue weighted by Crippen LogP contribution is -2.36. The van der Waals surface area contributed by atoms with Crippen LogP contribution in [-0.2, 0) is 0 Å². The van der Waals surface area contributed by atoms with Gasteiger partial charge in [0.15, 0.2) is 0 Å². The molecule has 2 aliphatic carbocycles. The van der Waals surface area contributed by atoms with Gasteiger partial charge in [0.05, 0.1) is 10.7 Å². The molecule has 0 aromatic rings. The van der Waals surface area contributed by atoms with Crippen molar-refractivity contribution in [3.05, 3.63) is 77.0 Å². The molecule has 2 aliphatic rings. The van der Waals surface area contributed by atoms with E-state index in [1.54, 1.807) is 0 Å². The zero-order valence-electron chi connectivity index (χ0n) is 10.7.